The van der Waals surface area contributed by atoms with Crippen LogP contribution in [0, 0.1) is 0 Å². The number of carbonyl (C=O) groups is 1. The number of anilines is 1. The van der Waals surface area contributed by atoms with Gasteiger partial charge in [0.1, 0.15) is 6.04 Å². The number of sulfonamides is 1. The Morgan fingerprint density at radius 1 is 1.50 bits per heavy atom. The Kier molecular flexibility index (Phi) is 4.71. The van der Waals surface area contributed by atoms with Crippen molar-refractivity contribution >= 4 is 42.6 Å². The molecule has 6 nitrogen and oxygen atoms in total. The third-order valence-electron chi connectivity index (χ3n) is 4.01. The van der Waals surface area contributed by atoms with Gasteiger partial charge in [-0.25, -0.2) is 13.4 Å². The van der Waals surface area contributed by atoms with E-state index in [1.165, 1.54) is 20.5 Å². The second kappa shape index (κ2) is 6.62. The van der Waals surface area contributed by atoms with E-state index in [0.717, 1.165) is 16.5 Å². The first-order valence-electron chi connectivity index (χ1n) is 7.66. The highest BCUT2D eigenvalue weighted by Gasteiger charge is 2.39. The molecule has 2 heterocycles. The maximum absolute atomic E-state index is 13.0. The Balaban J connectivity index is 1.95. The van der Waals surface area contributed by atoms with E-state index in [4.69, 9.17) is 0 Å². The average molecular weight is 365 g/mol. The molecule has 2 aromatic rings. The van der Waals surface area contributed by atoms with E-state index in [9.17, 15) is 13.2 Å². The maximum atomic E-state index is 13.0. The van der Waals surface area contributed by atoms with Crippen molar-refractivity contribution in [2.24, 2.45) is 0 Å². The second-order valence-corrected chi connectivity index (χ2v) is 8.68. The van der Waals surface area contributed by atoms with E-state index < -0.39 is 16.1 Å². The van der Waals surface area contributed by atoms with Crippen molar-refractivity contribution in [3.8, 4) is 0 Å². The number of hydrogen-bond acceptors (Lipinski definition) is 5. The standard InChI is InChI=1S/C16H19N3O3S2/c1-3-10-18(16-17-12-7-4-5-9-14(12)23-16)15(20)13-8-6-11-19(13)24(2,21)22/h3-5,7,9,13H,1,6,8,10-11H2,2H3/t13-/m1/s1. The van der Waals surface area contributed by atoms with E-state index in [-0.39, 0.29) is 5.91 Å². The molecular formula is C16H19N3O3S2. The minimum Gasteiger partial charge on any atom is -0.283 e. The minimum atomic E-state index is -3.41. The van der Waals surface area contributed by atoms with Crippen LogP contribution in [0.2, 0.25) is 0 Å². The third-order valence-corrected chi connectivity index (χ3v) is 6.35. The first-order chi connectivity index (χ1) is 11.4. The summed E-state index contributed by atoms with van der Waals surface area (Å²) in [5.41, 5.74) is 0.825. The topological polar surface area (TPSA) is 70.6 Å². The van der Waals surface area contributed by atoms with E-state index in [1.54, 1.807) is 6.08 Å². The number of carbonyl (C=O) groups excluding carboxylic acids is 1. The van der Waals surface area contributed by atoms with Crippen molar-refractivity contribution < 1.29 is 13.2 Å². The molecule has 8 heteroatoms. The van der Waals surface area contributed by atoms with Crippen molar-refractivity contribution in [3.05, 3.63) is 36.9 Å². The molecule has 1 aromatic heterocycles. The Morgan fingerprint density at radius 2 is 2.25 bits per heavy atom. The molecule has 1 amide bonds. The van der Waals surface area contributed by atoms with Crippen LogP contribution in [-0.2, 0) is 14.8 Å². The molecule has 1 aliphatic rings. The van der Waals surface area contributed by atoms with E-state index >= 15 is 0 Å². The first-order valence-corrected chi connectivity index (χ1v) is 10.3. The smallest absolute Gasteiger partial charge is 0.247 e. The van der Waals surface area contributed by atoms with Crippen LogP contribution in [-0.4, -0.2) is 49.0 Å². The molecule has 1 aliphatic heterocycles. The lowest BCUT2D eigenvalue weighted by Crippen LogP contribution is -2.47. The zero-order valence-electron chi connectivity index (χ0n) is 13.4. The lowest BCUT2D eigenvalue weighted by atomic mass is 10.2. The highest BCUT2D eigenvalue weighted by Crippen LogP contribution is 2.31. The van der Waals surface area contributed by atoms with E-state index in [1.807, 2.05) is 24.3 Å². The number of rotatable bonds is 5. The number of aromatic nitrogens is 1. The van der Waals surface area contributed by atoms with Crippen LogP contribution in [0.25, 0.3) is 10.2 Å². The number of nitrogens with zero attached hydrogens (tertiary/aromatic N) is 3. The van der Waals surface area contributed by atoms with Gasteiger partial charge in [0.15, 0.2) is 5.13 Å². The minimum absolute atomic E-state index is 0.239. The number of amides is 1. The number of para-hydroxylation sites is 1. The summed E-state index contributed by atoms with van der Waals surface area (Å²) in [7, 11) is -3.41. The van der Waals surface area contributed by atoms with Gasteiger partial charge in [0.25, 0.3) is 0 Å². The van der Waals surface area contributed by atoms with Gasteiger partial charge in [0, 0.05) is 13.1 Å². The van der Waals surface area contributed by atoms with Crippen LogP contribution in [0.5, 0.6) is 0 Å². The highest BCUT2D eigenvalue weighted by molar-refractivity contribution is 7.88. The lowest BCUT2D eigenvalue weighted by Gasteiger charge is -2.26. The predicted octanol–water partition coefficient (Wildman–Crippen LogP) is 2.24. The summed E-state index contributed by atoms with van der Waals surface area (Å²) in [6.45, 7) is 4.39. The molecule has 0 radical (unpaired) electrons. The van der Waals surface area contributed by atoms with Gasteiger partial charge in [-0.2, -0.15) is 4.31 Å². The van der Waals surface area contributed by atoms with Gasteiger partial charge in [-0.1, -0.05) is 29.5 Å². The maximum Gasteiger partial charge on any atom is 0.247 e. The van der Waals surface area contributed by atoms with E-state index in [2.05, 4.69) is 11.6 Å². The van der Waals surface area contributed by atoms with Crippen molar-refractivity contribution in [1.82, 2.24) is 9.29 Å². The molecule has 0 aliphatic carbocycles. The molecule has 0 spiro atoms. The van der Waals surface area contributed by atoms with Crippen molar-refractivity contribution in [2.75, 3.05) is 24.2 Å². The fourth-order valence-corrected chi connectivity index (χ4v) is 5.03. The van der Waals surface area contributed by atoms with Crippen LogP contribution in [0.4, 0.5) is 5.13 Å². The summed E-state index contributed by atoms with van der Waals surface area (Å²) >= 11 is 1.42. The Morgan fingerprint density at radius 3 is 2.92 bits per heavy atom. The normalized spacial score (nSPS) is 18.8. The number of fused-ring (bicyclic) bond motifs is 1. The van der Waals surface area contributed by atoms with Gasteiger partial charge in [-0.05, 0) is 25.0 Å². The van der Waals surface area contributed by atoms with Crippen LogP contribution in [0.1, 0.15) is 12.8 Å². The van der Waals surface area contributed by atoms with Crippen LogP contribution >= 0.6 is 11.3 Å². The molecule has 0 N–H and O–H groups in total. The zero-order valence-corrected chi connectivity index (χ0v) is 15.0. The van der Waals surface area contributed by atoms with Gasteiger partial charge < -0.3 is 0 Å². The average Bonchev–Trinajstić information content (AvgIpc) is 3.17. The molecule has 0 unspecified atom stereocenters. The zero-order chi connectivity index (χ0) is 17.3. The highest BCUT2D eigenvalue weighted by atomic mass is 32.2. The molecule has 1 saturated heterocycles. The second-order valence-electron chi connectivity index (χ2n) is 5.73. The Bertz CT molecular complexity index is 843. The largest absolute Gasteiger partial charge is 0.283 e. The van der Waals surface area contributed by atoms with Crippen LogP contribution in [0.3, 0.4) is 0 Å². The molecular weight excluding hydrogens is 346 g/mol. The molecule has 3 rings (SSSR count). The fraction of sp³-hybridized carbons (Fsp3) is 0.375. The van der Waals surface area contributed by atoms with Gasteiger partial charge in [-0.3, -0.25) is 9.69 Å². The quantitative estimate of drug-likeness (QED) is 0.762. The van der Waals surface area contributed by atoms with Crippen LogP contribution < -0.4 is 4.90 Å². The van der Waals surface area contributed by atoms with Gasteiger partial charge >= 0.3 is 0 Å². The van der Waals surface area contributed by atoms with Crippen molar-refractivity contribution in [2.45, 2.75) is 18.9 Å². The summed E-state index contributed by atoms with van der Waals surface area (Å²) in [6, 6.07) is 7.00. The van der Waals surface area contributed by atoms with Crippen molar-refractivity contribution in [3.63, 3.8) is 0 Å². The summed E-state index contributed by atoms with van der Waals surface area (Å²) < 4.78 is 26.1. The molecule has 1 aromatic carbocycles. The lowest BCUT2D eigenvalue weighted by molar-refractivity contribution is -0.121. The Labute approximate surface area is 145 Å². The first kappa shape index (κ1) is 17.1. The van der Waals surface area contributed by atoms with Crippen LogP contribution in [0.15, 0.2) is 36.9 Å². The van der Waals surface area contributed by atoms with Gasteiger partial charge in [-0.15, -0.1) is 6.58 Å². The summed E-state index contributed by atoms with van der Waals surface area (Å²) in [5.74, 6) is -0.239. The van der Waals surface area contributed by atoms with Gasteiger partial charge in [0.2, 0.25) is 15.9 Å². The Hall–Kier alpha value is -1.77. The van der Waals surface area contributed by atoms with Gasteiger partial charge in [0.05, 0.1) is 16.5 Å². The monoisotopic (exact) mass is 365 g/mol. The summed E-state index contributed by atoms with van der Waals surface area (Å²) in [5, 5.41) is 0.571. The molecule has 1 fully saturated rings. The number of benzene rings is 1. The molecule has 0 bridgehead atoms. The third kappa shape index (κ3) is 3.22. The number of thiazole rings is 1. The summed E-state index contributed by atoms with van der Waals surface area (Å²) in [4.78, 5) is 19.1. The molecule has 0 saturated carbocycles. The molecule has 128 valence electrons. The fourth-order valence-electron chi connectivity index (χ4n) is 2.93. The van der Waals surface area contributed by atoms with Crippen molar-refractivity contribution in [1.29, 1.82) is 0 Å². The SMILES string of the molecule is C=CCN(C(=O)[C@H]1CCCN1S(C)(=O)=O)c1nc2ccccc2s1. The number of hydrogen-bond donors (Lipinski definition) is 0. The van der Waals surface area contributed by atoms with E-state index in [0.29, 0.717) is 31.1 Å². The summed E-state index contributed by atoms with van der Waals surface area (Å²) in [6.07, 6.45) is 3.99. The molecule has 24 heavy (non-hydrogen) atoms. The predicted molar refractivity (Wildman–Crippen MR) is 96.7 cm³/mol. The molecule has 1 atom stereocenters.